The molecule has 0 aromatic rings. The van der Waals surface area contributed by atoms with Gasteiger partial charge in [0.1, 0.15) is 6.29 Å². The Labute approximate surface area is 64.3 Å². The van der Waals surface area contributed by atoms with Gasteiger partial charge in [-0.3, -0.25) is 0 Å². The summed E-state index contributed by atoms with van der Waals surface area (Å²) in [6.45, 7) is 0.632. The van der Waals surface area contributed by atoms with E-state index < -0.39 is 0 Å². The van der Waals surface area contributed by atoms with E-state index in [1.165, 1.54) is 0 Å². The number of nitrogens with zero attached hydrogens (tertiary/aromatic N) is 1. The maximum Gasteiger partial charge on any atom is 0.138 e. The van der Waals surface area contributed by atoms with Crippen LogP contribution in [0.15, 0.2) is 11.6 Å². The number of carbonyl (C=O) groups excluding carboxylic acids is 1. The van der Waals surface area contributed by atoms with Crippen LogP contribution in [0.5, 0.6) is 0 Å². The predicted octanol–water partition coefficient (Wildman–Crippen LogP) is -0.00990. The van der Waals surface area contributed by atoms with Crippen molar-refractivity contribution >= 4 is 18.0 Å². The Morgan fingerprint density at radius 2 is 2.70 bits per heavy atom. The molecule has 4 heteroatoms. The third kappa shape index (κ3) is 2.04. The highest BCUT2D eigenvalue weighted by Crippen LogP contribution is 2.14. The van der Waals surface area contributed by atoms with E-state index in [1.54, 1.807) is 11.8 Å². The van der Waals surface area contributed by atoms with Gasteiger partial charge in [0.05, 0.1) is 11.9 Å². The molecule has 1 aliphatic rings. The minimum absolute atomic E-state index is 0.344. The van der Waals surface area contributed by atoms with Crippen LogP contribution in [0.2, 0.25) is 0 Å². The molecular formula is C6H10N2OS. The monoisotopic (exact) mass is 158 g/mol. The van der Waals surface area contributed by atoms with Crippen LogP contribution >= 0.6 is 11.8 Å². The van der Waals surface area contributed by atoms with Gasteiger partial charge < -0.3 is 15.4 Å². The molecule has 0 fully saturated rings. The molecule has 0 saturated carbocycles. The third-order valence-corrected chi connectivity index (χ3v) is 2.02. The lowest BCUT2D eigenvalue weighted by Crippen LogP contribution is -2.34. The van der Waals surface area contributed by atoms with Crippen LogP contribution in [0.4, 0.5) is 0 Å². The van der Waals surface area contributed by atoms with Gasteiger partial charge in [-0.15, -0.1) is 11.8 Å². The zero-order valence-electron chi connectivity index (χ0n) is 5.56. The van der Waals surface area contributed by atoms with Gasteiger partial charge in [-0.1, -0.05) is 0 Å². The van der Waals surface area contributed by atoms with E-state index in [1.807, 2.05) is 16.5 Å². The molecule has 3 nitrogen and oxygen atoms in total. The Balaban J connectivity index is 2.24. The Kier molecular flexibility index (Phi) is 2.77. The van der Waals surface area contributed by atoms with Crippen molar-refractivity contribution in [2.45, 2.75) is 6.04 Å². The molecule has 0 aromatic carbocycles. The van der Waals surface area contributed by atoms with E-state index >= 15 is 0 Å². The zero-order valence-corrected chi connectivity index (χ0v) is 6.38. The van der Waals surface area contributed by atoms with Gasteiger partial charge >= 0.3 is 0 Å². The average molecular weight is 158 g/mol. The molecule has 0 radical (unpaired) electrons. The highest BCUT2D eigenvalue weighted by molar-refractivity contribution is 8.02. The van der Waals surface area contributed by atoms with Crippen LogP contribution in [0, 0.1) is 0 Å². The molecule has 0 aliphatic carbocycles. The molecule has 0 amide bonds. The topological polar surface area (TPSA) is 46.3 Å². The molecule has 1 atom stereocenters. The van der Waals surface area contributed by atoms with Crippen LogP contribution in [-0.4, -0.2) is 29.6 Å². The quantitative estimate of drug-likeness (QED) is 0.587. The number of carbonyl (C=O) groups is 1. The van der Waals surface area contributed by atoms with Gasteiger partial charge in [0, 0.05) is 12.7 Å². The number of hydrogen-bond acceptors (Lipinski definition) is 4. The Morgan fingerprint density at radius 3 is 3.20 bits per heavy atom. The molecule has 0 spiro atoms. The van der Waals surface area contributed by atoms with Crippen molar-refractivity contribution in [1.29, 1.82) is 0 Å². The number of thioether (sulfide) groups is 1. The summed E-state index contributed by atoms with van der Waals surface area (Å²) in [6.07, 6.45) is 2.73. The lowest BCUT2D eigenvalue weighted by Gasteiger charge is -2.15. The van der Waals surface area contributed by atoms with Gasteiger partial charge in [0.25, 0.3) is 0 Å². The van der Waals surface area contributed by atoms with Gasteiger partial charge in [-0.25, -0.2) is 0 Å². The van der Waals surface area contributed by atoms with Crippen LogP contribution in [0.25, 0.3) is 0 Å². The van der Waals surface area contributed by atoms with Gasteiger partial charge in [0.2, 0.25) is 0 Å². The molecule has 0 unspecified atom stereocenters. The molecule has 2 N–H and O–H groups in total. The summed E-state index contributed by atoms with van der Waals surface area (Å²) in [5.41, 5.74) is 5.40. The fraction of sp³-hybridized carbons (Fsp3) is 0.500. The molecule has 1 rings (SSSR count). The smallest absolute Gasteiger partial charge is 0.138 e. The molecule has 0 bridgehead atoms. The number of aldehydes is 1. The molecule has 0 saturated heterocycles. The zero-order chi connectivity index (χ0) is 7.40. The fourth-order valence-electron chi connectivity index (χ4n) is 0.738. The second-order valence-corrected chi connectivity index (χ2v) is 3.02. The van der Waals surface area contributed by atoms with E-state index in [9.17, 15) is 4.79 Å². The molecule has 56 valence electrons. The van der Waals surface area contributed by atoms with E-state index in [0.29, 0.717) is 6.54 Å². The molecule has 1 heterocycles. The third-order valence-electron chi connectivity index (χ3n) is 1.23. The van der Waals surface area contributed by atoms with Crippen molar-refractivity contribution in [3.8, 4) is 0 Å². The largest absolute Gasteiger partial charge is 0.365 e. The van der Waals surface area contributed by atoms with Crippen molar-refractivity contribution in [3.63, 3.8) is 0 Å². The minimum Gasteiger partial charge on any atom is -0.365 e. The number of nitrogens with two attached hydrogens (primary N) is 1. The Hall–Kier alpha value is -0.480. The maximum absolute atomic E-state index is 10.1. The van der Waals surface area contributed by atoms with Crippen LogP contribution < -0.4 is 5.73 Å². The van der Waals surface area contributed by atoms with Crippen molar-refractivity contribution in [2.24, 2.45) is 5.73 Å². The molecular weight excluding hydrogens is 148 g/mol. The van der Waals surface area contributed by atoms with Crippen molar-refractivity contribution < 1.29 is 4.79 Å². The second kappa shape index (κ2) is 3.63. The van der Waals surface area contributed by atoms with Gasteiger partial charge in [-0.05, 0) is 5.41 Å². The number of hydrogen-bond donors (Lipinski definition) is 1. The summed E-state index contributed by atoms with van der Waals surface area (Å²) in [6, 6.07) is -0.344. The van der Waals surface area contributed by atoms with Crippen molar-refractivity contribution in [3.05, 3.63) is 11.6 Å². The SMILES string of the molecule is N[C@H](C=O)CN1C=CSC1. The molecule has 1 aliphatic heterocycles. The van der Waals surface area contributed by atoms with E-state index in [4.69, 9.17) is 5.73 Å². The lowest BCUT2D eigenvalue weighted by molar-refractivity contribution is -0.109. The van der Waals surface area contributed by atoms with Crippen LogP contribution in [-0.2, 0) is 4.79 Å². The average Bonchev–Trinajstić information content (AvgIpc) is 2.40. The molecule has 10 heavy (non-hydrogen) atoms. The van der Waals surface area contributed by atoms with E-state index in [0.717, 1.165) is 12.2 Å². The Bertz CT molecular complexity index is 149. The maximum atomic E-state index is 10.1. The lowest BCUT2D eigenvalue weighted by atomic mass is 10.3. The summed E-state index contributed by atoms with van der Waals surface area (Å²) in [5, 5.41) is 2.00. The van der Waals surface area contributed by atoms with Crippen molar-refractivity contribution in [1.82, 2.24) is 4.90 Å². The fourth-order valence-corrected chi connectivity index (χ4v) is 1.47. The molecule has 0 aromatic heterocycles. The first-order valence-electron chi connectivity index (χ1n) is 3.06. The summed E-state index contributed by atoms with van der Waals surface area (Å²) >= 11 is 1.71. The van der Waals surface area contributed by atoms with Crippen molar-refractivity contribution in [2.75, 3.05) is 12.4 Å². The van der Waals surface area contributed by atoms with E-state index in [-0.39, 0.29) is 6.04 Å². The van der Waals surface area contributed by atoms with Crippen LogP contribution in [0.1, 0.15) is 0 Å². The summed E-state index contributed by atoms with van der Waals surface area (Å²) < 4.78 is 0. The normalized spacial score (nSPS) is 19.5. The first-order chi connectivity index (χ1) is 4.83. The van der Waals surface area contributed by atoms with Gasteiger partial charge in [-0.2, -0.15) is 0 Å². The van der Waals surface area contributed by atoms with Gasteiger partial charge in [0.15, 0.2) is 0 Å². The highest BCUT2D eigenvalue weighted by Gasteiger charge is 2.08. The van der Waals surface area contributed by atoms with E-state index in [2.05, 4.69) is 0 Å². The highest BCUT2D eigenvalue weighted by atomic mass is 32.2. The standard InChI is InChI=1S/C6H10N2OS/c7-6(4-9)3-8-1-2-10-5-8/h1-2,4,6H,3,5,7H2/t6-/m0/s1. The first kappa shape index (κ1) is 7.63. The first-order valence-corrected chi connectivity index (χ1v) is 4.11. The Morgan fingerprint density at radius 1 is 1.90 bits per heavy atom. The summed E-state index contributed by atoms with van der Waals surface area (Å²) in [7, 11) is 0. The minimum atomic E-state index is -0.344. The predicted molar refractivity (Wildman–Crippen MR) is 42.3 cm³/mol. The summed E-state index contributed by atoms with van der Waals surface area (Å²) in [5.74, 6) is 0.918. The summed E-state index contributed by atoms with van der Waals surface area (Å²) in [4.78, 5) is 12.1. The van der Waals surface area contributed by atoms with Crippen LogP contribution in [0.3, 0.4) is 0 Å². The number of rotatable bonds is 3. The second-order valence-electron chi connectivity index (χ2n) is 2.15.